The minimum atomic E-state index is 0.116. The molecule has 1 aliphatic rings. The lowest BCUT2D eigenvalue weighted by Gasteiger charge is -2.12. The first-order valence-corrected chi connectivity index (χ1v) is 6.30. The zero-order chi connectivity index (χ0) is 12.6. The summed E-state index contributed by atoms with van der Waals surface area (Å²) in [6.45, 7) is 5.72. The van der Waals surface area contributed by atoms with Crippen LogP contribution in [0.2, 0.25) is 5.15 Å². The minimum absolute atomic E-state index is 0.116. The van der Waals surface area contributed by atoms with Gasteiger partial charge in [0.05, 0.1) is 5.69 Å². The van der Waals surface area contributed by atoms with Crippen LogP contribution in [0.5, 0.6) is 0 Å². The van der Waals surface area contributed by atoms with Gasteiger partial charge in [0.1, 0.15) is 10.9 Å². The van der Waals surface area contributed by atoms with Gasteiger partial charge < -0.3 is 5.32 Å². The Hall–Kier alpha value is -0.870. The predicted octanol–water partition coefficient (Wildman–Crippen LogP) is 1.35. The number of Topliss-reactive ketones (excluding diaryl/α,β-unsaturated/α-hetero) is 1. The summed E-state index contributed by atoms with van der Waals surface area (Å²) >= 11 is 6.13. The molecule has 17 heavy (non-hydrogen) atoms. The third kappa shape index (κ3) is 2.38. The van der Waals surface area contributed by atoms with Crippen LogP contribution in [0, 0.1) is 18.8 Å². The molecular weight excluding hydrogens is 238 g/mol. The molecule has 1 aliphatic heterocycles. The van der Waals surface area contributed by atoms with E-state index in [0.29, 0.717) is 17.5 Å². The molecule has 4 nitrogen and oxygen atoms in total. The summed E-state index contributed by atoms with van der Waals surface area (Å²) in [4.78, 5) is 12.2. The second-order valence-corrected chi connectivity index (χ2v) is 5.22. The van der Waals surface area contributed by atoms with E-state index in [1.807, 2.05) is 6.92 Å². The Morgan fingerprint density at radius 2 is 2.29 bits per heavy atom. The monoisotopic (exact) mass is 255 g/mol. The molecule has 0 aliphatic carbocycles. The van der Waals surface area contributed by atoms with Gasteiger partial charge in [0.25, 0.3) is 0 Å². The molecule has 0 radical (unpaired) electrons. The van der Waals surface area contributed by atoms with E-state index in [0.717, 1.165) is 24.3 Å². The Morgan fingerprint density at radius 1 is 1.59 bits per heavy atom. The van der Waals surface area contributed by atoms with Crippen molar-refractivity contribution in [3.8, 4) is 0 Å². The van der Waals surface area contributed by atoms with E-state index in [4.69, 9.17) is 11.6 Å². The molecule has 1 aromatic rings. The molecule has 1 N–H and O–H groups in total. The van der Waals surface area contributed by atoms with E-state index >= 15 is 0 Å². The molecule has 0 spiro atoms. The highest BCUT2D eigenvalue weighted by Crippen LogP contribution is 2.23. The van der Waals surface area contributed by atoms with E-state index in [1.54, 1.807) is 11.7 Å². The molecule has 1 saturated heterocycles. The smallest absolute Gasteiger partial charge is 0.142 e. The highest BCUT2D eigenvalue weighted by Gasteiger charge is 2.30. The van der Waals surface area contributed by atoms with Crippen molar-refractivity contribution in [2.75, 3.05) is 13.1 Å². The van der Waals surface area contributed by atoms with Crippen LogP contribution < -0.4 is 5.32 Å². The van der Waals surface area contributed by atoms with E-state index in [-0.39, 0.29) is 11.7 Å². The highest BCUT2D eigenvalue weighted by atomic mass is 35.5. The number of hydrogen-bond acceptors (Lipinski definition) is 3. The van der Waals surface area contributed by atoms with Crippen molar-refractivity contribution >= 4 is 17.4 Å². The van der Waals surface area contributed by atoms with E-state index < -0.39 is 0 Å². The summed E-state index contributed by atoms with van der Waals surface area (Å²) in [7, 11) is 1.79. The lowest BCUT2D eigenvalue weighted by Crippen LogP contribution is -2.23. The molecule has 0 amide bonds. The van der Waals surface area contributed by atoms with Crippen LogP contribution in [-0.4, -0.2) is 28.7 Å². The first-order valence-electron chi connectivity index (χ1n) is 5.92. The molecule has 5 heteroatoms. The van der Waals surface area contributed by atoms with Gasteiger partial charge in [-0.05, 0) is 19.4 Å². The maximum absolute atomic E-state index is 12.2. The van der Waals surface area contributed by atoms with Gasteiger partial charge in [-0.2, -0.15) is 5.10 Å². The van der Waals surface area contributed by atoms with E-state index in [9.17, 15) is 4.79 Å². The van der Waals surface area contributed by atoms with Crippen molar-refractivity contribution in [3.05, 3.63) is 16.4 Å². The molecule has 1 fully saturated rings. The Labute approximate surface area is 106 Å². The van der Waals surface area contributed by atoms with Crippen molar-refractivity contribution in [1.82, 2.24) is 15.1 Å². The van der Waals surface area contributed by atoms with E-state index in [2.05, 4.69) is 17.3 Å². The van der Waals surface area contributed by atoms with Gasteiger partial charge in [-0.1, -0.05) is 18.5 Å². The fourth-order valence-corrected chi connectivity index (χ4v) is 2.66. The summed E-state index contributed by atoms with van der Waals surface area (Å²) in [5.74, 6) is 0.796. The second kappa shape index (κ2) is 4.78. The first-order chi connectivity index (χ1) is 8.00. The number of rotatable bonds is 3. The summed E-state index contributed by atoms with van der Waals surface area (Å²) < 4.78 is 1.62. The second-order valence-electron chi connectivity index (χ2n) is 4.86. The summed E-state index contributed by atoms with van der Waals surface area (Å²) in [6.07, 6.45) is 0.398. The highest BCUT2D eigenvalue weighted by molar-refractivity contribution is 6.30. The van der Waals surface area contributed by atoms with Gasteiger partial charge in [0.15, 0.2) is 0 Å². The van der Waals surface area contributed by atoms with Gasteiger partial charge in [0.2, 0.25) is 0 Å². The van der Waals surface area contributed by atoms with Crippen molar-refractivity contribution in [3.63, 3.8) is 0 Å². The number of aromatic nitrogens is 2. The van der Waals surface area contributed by atoms with Crippen molar-refractivity contribution in [1.29, 1.82) is 0 Å². The third-order valence-corrected chi connectivity index (χ3v) is 4.02. The number of carbonyl (C=O) groups excluding carboxylic acids is 1. The summed E-state index contributed by atoms with van der Waals surface area (Å²) in [6, 6.07) is 0. The Bertz CT molecular complexity index is 441. The summed E-state index contributed by atoms with van der Waals surface area (Å²) in [5, 5.41) is 8.05. The molecule has 2 rings (SSSR count). The summed E-state index contributed by atoms with van der Waals surface area (Å²) in [5.41, 5.74) is 1.72. The maximum atomic E-state index is 12.2. The number of carbonyl (C=O) groups is 1. The topological polar surface area (TPSA) is 46.9 Å². The molecule has 0 saturated carbocycles. The Kier molecular flexibility index (Phi) is 3.54. The van der Waals surface area contributed by atoms with Gasteiger partial charge in [-0.15, -0.1) is 0 Å². The molecule has 2 atom stereocenters. The average molecular weight is 256 g/mol. The fraction of sp³-hybridized carbons (Fsp3) is 0.667. The van der Waals surface area contributed by atoms with Crippen LogP contribution in [0.3, 0.4) is 0 Å². The standard InChI is InChI=1S/C12H18ClN3O/c1-7-5-14-6-10(7)11(17)4-9-8(2)15-16(3)12(9)13/h7,10,14H,4-6H2,1-3H3. The number of aryl methyl sites for hydroxylation is 2. The van der Waals surface area contributed by atoms with Crippen molar-refractivity contribution in [2.45, 2.75) is 20.3 Å². The maximum Gasteiger partial charge on any atom is 0.142 e. The zero-order valence-corrected chi connectivity index (χ0v) is 11.2. The predicted molar refractivity (Wildman–Crippen MR) is 67.2 cm³/mol. The molecule has 2 heterocycles. The lowest BCUT2D eigenvalue weighted by atomic mass is 9.90. The van der Waals surface area contributed by atoms with Crippen LogP contribution in [0.1, 0.15) is 18.2 Å². The van der Waals surface area contributed by atoms with E-state index in [1.165, 1.54) is 0 Å². The zero-order valence-electron chi connectivity index (χ0n) is 10.5. The number of nitrogens with zero attached hydrogens (tertiary/aromatic N) is 2. The molecular formula is C12H18ClN3O. The fourth-order valence-electron chi connectivity index (χ4n) is 2.42. The molecule has 0 bridgehead atoms. The largest absolute Gasteiger partial charge is 0.316 e. The van der Waals surface area contributed by atoms with Crippen molar-refractivity contribution < 1.29 is 4.79 Å². The van der Waals surface area contributed by atoms with Crippen LogP contribution in [0.15, 0.2) is 0 Å². The van der Waals surface area contributed by atoms with Gasteiger partial charge in [-0.3, -0.25) is 9.48 Å². The first kappa shape index (κ1) is 12.6. The normalized spacial score (nSPS) is 24.2. The minimum Gasteiger partial charge on any atom is -0.316 e. The quantitative estimate of drug-likeness (QED) is 0.887. The number of halogens is 1. The van der Waals surface area contributed by atoms with Crippen molar-refractivity contribution in [2.24, 2.45) is 18.9 Å². The Morgan fingerprint density at radius 3 is 2.76 bits per heavy atom. The molecule has 94 valence electrons. The van der Waals surface area contributed by atoms with Gasteiger partial charge >= 0.3 is 0 Å². The molecule has 1 aromatic heterocycles. The van der Waals surface area contributed by atoms with Gasteiger partial charge in [0, 0.05) is 31.5 Å². The van der Waals surface area contributed by atoms with Crippen LogP contribution in [0.25, 0.3) is 0 Å². The van der Waals surface area contributed by atoms with Gasteiger partial charge in [-0.25, -0.2) is 0 Å². The SMILES string of the molecule is Cc1nn(C)c(Cl)c1CC(=O)C1CNCC1C. The number of ketones is 1. The molecule has 0 aromatic carbocycles. The lowest BCUT2D eigenvalue weighted by molar-refractivity contribution is -0.122. The van der Waals surface area contributed by atoms with Crippen LogP contribution in [-0.2, 0) is 18.3 Å². The average Bonchev–Trinajstić information content (AvgIpc) is 2.78. The molecule has 2 unspecified atom stereocenters. The van der Waals surface area contributed by atoms with Crippen LogP contribution >= 0.6 is 11.6 Å². The van der Waals surface area contributed by atoms with Crippen LogP contribution in [0.4, 0.5) is 0 Å². The number of nitrogens with one attached hydrogen (secondary N) is 1. The third-order valence-electron chi connectivity index (χ3n) is 3.55. The Balaban J connectivity index is 2.13. The number of hydrogen-bond donors (Lipinski definition) is 1.